The molecule has 2 fully saturated rings. The van der Waals surface area contributed by atoms with Crippen molar-refractivity contribution in [3.05, 3.63) is 90.0 Å². The van der Waals surface area contributed by atoms with E-state index in [1.165, 1.54) is 4.90 Å². The Balaban J connectivity index is 1.56. The lowest BCUT2D eigenvalue weighted by atomic mass is 9.90. The van der Waals surface area contributed by atoms with E-state index in [0.717, 1.165) is 23.2 Å². The minimum absolute atomic E-state index is 0.136. The van der Waals surface area contributed by atoms with Gasteiger partial charge in [-0.25, -0.2) is 9.96 Å². The maximum atomic E-state index is 13.5. The number of nitrogens with zero attached hydrogens (tertiary/aromatic N) is 2. The molecule has 0 aromatic heterocycles. The van der Waals surface area contributed by atoms with E-state index < -0.39 is 18.1 Å². The number of anilines is 2. The Labute approximate surface area is 180 Å². The normalized spacial score (nSPS) is 22.8. The quantitative estimate of drug-likeness (QED) is 0.654. The molecule has 2 aliphatic rings. The molecule has 6 heteroatoms. The second kappa shape index (κ2) is 7.56. The van der Waals surface area contributed by atoms with Crippen LogP contribution in [0.3, 0.4) is 0 Å². The molecular weight excluding hydrogens is 392 g/mol. The molecule has 6 nitrogen and oxygen atoms in total. The molecule has 0 radical (unpaired) electrons. The van der Waals surface area contributed by atoms with E-state index in [1.54, 1.807) is 41.5 Å². The third-order valence-corrected chi connectivity index (χ3v) is 5.96. The van der Waals surface area contributed by atoms with Crippen molar-refractivity contribution in [2.24, 2.45) is 5.92 Å². The zero-order valence-electron chi connectivity index (χ0n) is 17.0. The Kier molecular flexibility index (Phi) is 4.71. The predicted molar refractivity (Wildman–Crippen MR) is 116 cm³/mol. The minimum Gasteiger partial charge on any atom is -0.508 e. The zero-order valence-corrected chi connectivity index (χ0v) is 17.0. The third-order valence-electron chi connectivity index (χ3n) is 5.96. The third kappa shape index (κ3) is 3.16. The van der Waals surface area contributed by atoms with Crippen molar-refractivity contribution in [3.8, 4) is 5.75 Å². The SMILES string of the molecule is CCc1ccc(N2C(=O)[C@H]3[C@H](ON(c4ccccc4)[C@@H]3c3ccc(O)cc3)C2=O)cc1. The van der Waals surface area contributed by atoms with Crippen molar-refractivity contribution in [3.63, 3.8) is 0 Å². The first kappa shape index (κ1) is 19.3. The number of amides is 2. The smallest absolute Gasteiger partial charge is 0.266 e. The number of carbonyl (C=O) groups is 2. The highest BCUT2D eigenvalue weighted by Gasteiger charge is 2.60. The number of hydrogen-bond acceptors (Lipinski definition) is 5. The molecular formula is C25H22N2O4. The lowest BCUT2D eigenvalue weighted by Crippen LogP contribution is -2.37. The molecule has 0 unspecified atom stereocenters. The van der Waals surface area contributed by atoms with Gasteiger partial charge in [0, 0.05) is 0 Å². The molecule has 2 aliphatic heterocycles. The van der Waals surface area contributed by atoms with Gasteiger partial charge in [-0.1, -0.05) is 49.4 Å². The molecule has 2 heterocycles. The van der Waals surface area contributed by atoms with Crippen LogP contribution < -0.4 is 9.96 Å². The van der Waals surface area contributed by atoms with Gasteiger partial charge in [0.2, 0.25) is 5.91 Å². The van der Waals surface area contributed by atoms with E-state index in [1.807, 2.05) is 42.5 Å². The maximum Gasteiger partial charge on any atom is 0.266 e. The van der Waals surface area contributed by atoms with Crippen LogP contribution >= 0.6 is 0 Å². The highest BCUT2D eigenvalue weighted by molar-refractivity contribution is 6.23. The summed E-state index contributed by atoms with van der Waals surface area (Å²) in [5, 5.41) is 11.4. The molecule has 156 valence electrons. The summed E-state index contributed by atoms with van der Waals surface area (Å²) in [5.41, 5.74) is 3.24. The fraction of sp³-hybridized carbons (Fsp3) is 0.200. The van der Waals surface area contributed by atoms with Gasteiger partial charge in [0.05, 0.1) is 17.4 Å². The summed E-state index contributed by atoms with van der Waals surface area (Å²) in [7, 11) is 0. The summed E-state index contributed by atoms with van der Waals surface area (Å²) < 4.78 is 0. The van der Waals surface area contributed by atoms with Gasteiger partial charge in [0.25, 0.3) is 5.91 Å². The van der Waals surface area contributed by atoms with Crippen LogP contribution in [-0.4, -0.2) is 23.0 Å². The van der Waals surface area contributed by atoms with Crippen LogP contribution in [-0.2, 0) is 20.8 Å². The molecule has 3 aromatic rings. The van der Waals surface area contributed by atoms with Gasteiger partial charge in [-0.15, -0.1) is 0 Å². The Bertz CT molecular complexity index is 1110. The summed E-state index contributed by atoms with van der Waals surface area (Å²) in [4.78, 5) is 34.1. The zero-order chi connectivity index (χ0) is 21.5. The van der Waals surface area contributed by atoms with Crippen molar-refractivity contribution in [2.75, 3.05) is 9.96 Å². The van der Waals surface area contributed by atoms with Gasteiger partial charge in [-0.3, -0.25) is 14.4 Å². The van der Waals surface area contributed by atoms with E-state index >= 15 is 0 Å². The van der Waals surface area contributed by atoms with Crippen LogP contribution in [0.15, 0.2) is 78.9 Å². The number of aryl methyl sites for hydroxylation is 1. The minimum atomic E-state index is -0.905. The Morgan fingerprint density at radius 2 is 1.52 bits per heavy atom. The molecule has 0 spiro atoms. The lowest BCUT2D eigenvalue weighted by Gasteiger charge is -2.28. The number of aromatic hydroxyl groups is 1. The highest BCUT2D eigenvalue weighted by Crippen LogP contribution is 2.47. The fourth-order valence-corrected chi connectivity index (χ4v) is 4.36. The molecule has 3 aromatic carbocycles. The van der Waals surface area contributed by atoms with E-state index in [0.29, 0.717) is 5.69 Å². The van der Waals surface area contributed by atoms with E-state index in [2.05, 4.69) is 6.92 Å². The average molecular weight is 414 g/mol. The van der Waals surface area contributed by atoms with E-state index in [4.69, 9.17) is 4.84 Å². The largest absolute Gasteiger partial charge is 0.508 e. The van der Waals surface area contributed by atoms with Gasteiger partial charge < -0.3 is 5.11 Å². The maximum absolute atomic E-state index is 13.5. The summed E-state index contributed by atoms with van der Waals surface area (Å²) >= 11 is 0. The van der Waals surface area contributed by atoms with E-state index in [-0.39, 0.29) is 17.6 Å². The van der Waals surface area contributed by atoms with Gasteiger partial charge in [0.15, 0.2) is 6.10 Å². The van der Waals surface area contributed by atoms with Crippen molar-refractivity contribution in [1.82, 2.24) is 0 Å². The fourth-order valence-electron chi connectivity index (χ4n) is 4.36. The van der Waals surface area contributed by atoms with Crippen LogP contribution in [0.1, 0.15) is 24.1 Å². The number of hydroxylamine groups is 1. The first-order valence-electron chi connectivity index (χ1n) is 10.3. The first-order chi connectivity index (χ1) is 15.1. The van der Waals surface area contributed by atoms with Gasteiger partial charge in [0.1, 0.15) is 11.7 Å². The van der Waals surface area contributed by atoms with Crippen LogP contribution in [0.4, 0.5) is 11.4 Å². The number of carbonyl (C=O) groups excluding carboxylic acids is 2. The molecule has 3 atom stereocenters. The van der Waals surface area contributed by atoms with Crippen LogP contribution in [0.25, 0.3) is 0 Å². The second-order valence-corrected chi connectivity index (χ2v) is 7.78. The molecule has 0 bridgehead atoms. The van der Waals surface area contributed by atoms with Crippen molar-refractivity contribution in [1.29, 1.82) is 0 Å². The summed E-state index contributed by atoms with van der Waals surface area (Å²) in [6.07, 6.45) is -0.0248. The number of para-hydroxylation sites is 1. The lowest BCUT2D eigenvalue weighted by molar-refractivity contribution is -0.126. The molecule has 0 aliphatic carbocycles. The first-order valence-corrected chi connectivity index (χ1v) is 10.3. The van der Waals surface area contributed by atoms with Crippen LogP contribution in [0.2, 0.25) is 0 Å². The molecule has 0 saturated carbocycles. The highest BCUT2D eigenvalue weighted by atomic mass is 16.7. The number of fused-ring (bicyclic) bond motifs is 1. The number of phenols is 1. The molecule has 5 rings (SSSR count). The summed E-state index contributed by atoms with van der Waals surface area (Å²) in [5.74, 6) is -1.20. The van der Waals surface area contributed by atoms with Crippen LogP contribution in [0.5, 0.6) is 5.75 Å². The predicted octanol–water partition coefficient (Wildman–Crippen LogP) is 4.01. The standard InChI is InChI=1S/C25H22N2O4/c1-2-16-8-12-18(13-9-16)26-24(29)21-22(17-10-14-20(28)15-11-17)27(31-23(21)25(26)30)19-6-4-3-5-7-19/h3-15,21-23,28H,2H2,1H3/t21-,22-,23+/m1/s1. The monoisotopic (exact) mass is 414 g/mol. The van der Waals surface area contributed by atoms with Crippen molar-refractivity contribution in [2.45, 2.75) is 25.5 Å². The number of hydrogen-bond donors (Lipinski definition) is 1. The summed E-state index contributed by atoms with van der Waals surface area (Å²) in [6.45, 7) is 2.06. The Morgan fingerprint density at radius 1 is 0.839 bits per heavy atom. The number of rotatable bonds is 4. The number of phenolic OH excluding ortho intramolecular Hbond substituents is 1. The van der Waals surface area contributed by atoms with Gasteiger partial charge in [-0.05, 0) is 53.9 Å². The van der Waals surface area contributed by atoms with E-state index in [9.17, 15) is 14.7 Å². The molecule has 31 heavy (non-hydrogen) atoms. The Hall–Kier alpha value is -3.64. The Morgan fingerprint density at radius 3 is 2.16 bits per heavy atom. The molecule has 2 saturated heterocycles. The summed E-state index contributed by atoms with van der Waals surface area (Å²) in [6, 6.07) is 23.1. The number of imide groups is 1. The van der Waals surface area contributed by atoms with Crippen LogP contribution in [0, 0.1) is 5.92 Å². The average Bonchev–Trinajstić information content (AvgIpc) is 3.31. The van der Waals surface area contributed by atoms with Crippen molar-refractivity contribution < 1.29 is 19.5 Å². The van der Waals surface area contributed by atoms with Gasteiger partial charge in [-0.2, -0.15) is 0 Å². The number of benzene rings is 3. The van der Waals surface area contributed by atoms with Crippen molar-refractivity contribution >= 4 is 23.2 Å². The second-order valence-electron chi connectivity index (χ2n) is 7.78. The van der Waals surface area contributed by atoms with Gasteiger partial charge >= 0.3 is 0 Å². The molecule has 1 N–H and O–H groups in total. The molecule has 2 amide bonds. The topological polar surface area (TPSA) is 70.1 Å².